The van der Waals surface area contributed by atoms with Crippen LogP contribution in [0.25, 0.3) is 0 Å². The molecule has 0 spiro atoms. The third-order valence-electron chi connectivity index (χ3n) is 7.00. The van der Waals surface area contributed by atoms with Gasteiger partial charge in [0, 0.05) is 57.6 Å². The molecule has 0 saturated carbocycles. The second-order valence-electron chi connectivity index (χ2n) is 9.49. The van der Waals surface area contributed by atoms with Crippen LogP contribution in [-0.2, 0) is 11.3 Å². The number of pyridine rings is 1. The maximum absolute atomic E-state index is 13.1. The van der Waals surface area contributed by atoms with Crippen molar-refractivity contribution in [3.8, 4) is 5.75 Å². The third-order valence-corrected chi connectivity index (χ3v) is 7.95. The van der Waals surface area contributed by atoms with Crippen molar-refractivity contribution >= 4 is 39.7 Å². The summed E-state index contributed by atoms with van der Waals surface area (Å²) >= 11 is 1.09. The summed E-state index contributed by atoms with van der Waals surface area (Å²) in [4.78, 5) is 36.4. The minimum atomic E-state index is -0.386. The van der Waals surface area contributed by atoms with E-state index >= 15 is 0 Å². The maximum Gasteiger partial charge on any atom is 0.286 e. The molecule has 0 unspecified atom stereocenters. The van der Waals surface area contributed by atoms with Crippen LogP contribution in [0.1, 0.15) is 25.7 Å². The molecule has 0 atom stereocenters. The van der Waals surface area contributed by atoms with Crippen molar-refractivity contribution in [2.24, 2.45) is 0 Å². The van der Waals surface area contributed by atoms with Crippen molar-refractivity contribution in [1.29, 1.82) is 0 Å². The maximum atomic E-state index is 13.1. The van der Waals surface area contributed by atoms with E-state index in [0.29, 0.717) is 29.5 Å². The summed E-state index contributed by atoms with van der Waals surface area (Å²) in [5.74, 6) is 0.176. The number of hydrogen-bond acceptors (Lipinski definition) is 11. The van der Waals surface area contributed by atoms with Crippen molar-refractivity contribution in [2.45, 2.75) is 6.54 Å². The van der Waals surface area contributed by atoms with Crippen LogP contribution in [0, 0.1) is 0 Å². The molecule has 6 rings (SSSR count). The smallest absolute Gasteiger partial charge is 0.286 e. The van der Waals surface area contributed by atoms with Crippen LogP contribution >= 0.6 is 11.3 Å². The Morgan fingerprint density at radius 2 is 1.97 bits per heavy atom. The monoisotopic (exact) mass is 550 g/mol. The summed E-state index contributed by atoms with van der Waals surface area (Å²) in [6.45, 7) is 8.53. The second-order valence-corrected chi connectivity index (χ2v) is 10.4. The first-order chi connectivity index (χ1) is 19.2. The van der Waals surface area contributed by atoms with Gasteiger partial charge in [-0.3, -0.25) is 24.4 Å². The first kappa shape index (κ1) is 25.6. The number of carbonyl (C=O) groups excluding carboxylic acids is 2. The lowest BCUT2D eigenvalue weighted by atomic mass is 10.1. The molecular formula is C26H30N8O4S. The molecule has 13 heteroatoms. The zero-order valence-electron chi connectivity index (χ0n) is 21.5. The third kappa shape index (κ3) is 5.71. The SMILES string of the molecule is O=C(Nc1cnccc1N1CCNCC1)c1nnc(N2Cc3cc(OCCN4CCOCC4)ccc3C2=O)s1. The molecule has 0 radical (unpaired) electrons. The average molecular weight is 551 g/mol. The molecule has 5 heterocycles. The molecule has 39 heavy (non-hydrogen) atoms. The standard InChI is InChI=1S/C26H30N8O4S/c35-23(29-21-16-28-4-3-22(21)33-7-5-27-6-8-33)24-30-31-26(39-24)34-17-18-15-19(1-2-20(18)25(34)36)38-14-11-32-9-12-37-13-10-32/h1-4,15-16,27H,5-14,17H2,(H,29,35). The van der Waals surface area contributed by atoms with E-state index in [1.54, 1.807) is 23.4 Å². The summed E-state index contributed by atoms with van der Waals surface area (Å²) in [6.07, 6.45) is 3.35. The van der Waals surface area contributed by atoms with Gasteiger partial charge in [0.15, 0.2) is 0 Å². The molecule has 0 aliphatic carbocycles. The largest absolute Gasteiger partial charge is 0.492 e. The van der Waals surface area contributed by atoms with E-state index in [1.807, 2.05) is 18.2 Å². The van der Waals surface area contributed by atoms with Crippen molar-refractivity contribution in [3.63, 3.8) is 0 Å². The predicted octanol–water partition coefficient (Wildman–Crippen LogP) is 1.47. The van der Waals surface area contributed by atoms with Gasteiger partial charge in [-0.1, -0.05) is 11.3 Å². The minimum Gasteiger partial charge on any atom is -0.492 e. The number of piperazine rings is 1. The Morgan fingerprint density at radius 3 is 2.82 bits per heavy atom. The number of carbonyl (C=O) groups is 2. The van der Waals surface area contributed by atoms with E-state index in [4.69, 9.17) is 9.47 Å². The molecule has 2 saturated heterocycles. The van der Waals surface area contributed by atoms with Crippen LogP contribution in [0.2, 0.25) is 0 Å². The van der Waals surface area contributed by atoms with Crippen molar-refractivity contribution in [2.75, 3.05) is 80.8 Å². The summed E-state index contributed by atoms with van der Waals surface area (Å²) in [5.41, 5.74) is 3.00. The number of aromatic nitrogens is 3. The summed E-state index contributed by atoms with van der Waals surface area (Å²) in [6, 6.07) is 7.41. The zero-order chi connectivity index (χ0) is 26.6. The first-order valence-electron chi connectivity index (χ1n) is 13.1. The number of fused-ring (bicyclic) bond motifs is 1. The van der Waals surface area contributed by atoms with Gasteiger partial charge in [-0.25, -0.2) is 0 Å². The minimum absolute atomic E-state index is 0.166. The Bertz CT molecular complexity index is 1340. The van der Waals surface area contributed by atoms with Crippen molar-refractivity contribution in [1.82, 2.24) is 25.4 Å². The number of benzene rings is 1. The number of anilines is 3. The van der Waals surface area contributed by atoms with Gasteiger partial charge in [0.05, 0.1) is 37.3 Å². The topological polar surface area (TPSA) is 125 Å². The van der Waals surface area contributed by atoms with E-state index in [0.717, 1.165) is 87.4 Å². The van der Waals surface area contributed by atoms with Gasteiger partial charge in [-0.15, -0.1) is 10.2 Å². The molecule has 12 nitrogen and oxygen atoms in total. The van der Waals surface area contributed by atoms with E-state index in [2.05, 4.69) is 35.6 Å². The number of nitrogens with zero attached hydrogens (tertiary/aromatic N) is 6. The highest BCUT2D eigenvalue weighted by molar-refractivity contribution is 7.17. The molecule has 0 bridgehead atoms. The van der Waals surface area contributed by atoms with Crippen molar-refractivity contribution < 1.29 is 19.1 Å². The lowest BCUT2D eigenvalue weighted by molar-refractivity contribution is 0.0322. The molecule has 3 aromatic rings. The average Bonchev–Trinajstić information content (AvgIpc) is 3.59. The van der Waals surface area contributed by atoms with E-state index in [-0.39, 0.29) is 16.8 Å². The summed E-state index contributed by atoms with van der Waals surface area (Å²) in [5, 5.41) is 15.0. The number of rotatable bonds is 8. The molecule has 2 fully saturated rings. The first-order valence-corrected chi connectivity index (χ1v) is 13.9. The lowest BCUT2D eigenvalue weighted by Gasteiger charge is -2.30. The lowest BCUT2D eigenvalue weighted by Crippen LogP contribution is -2.43. The zero-order valence-corrected chi connectivity index (χ0v) is 22.3. The highest BCUT2D eigenvalue weighted by Crippen LogP contribution is 2.33. The molecule has 3 aliphatic heterocycles. The van der Waals surface area contributed by atoms with Crippen LogP contribution in [-0.4, -0.2) is 97.5 Å². The van der Waals surface area contributed by atoms with E-state index in [9.17, 15) is 9.59 Å². The number of morpholine rings is 1. The highest BCUT2D eigenvalue weighted by atomic mass is 32.1. The van der Waals surface area contributed by atoms with Crippen LogP contribution in [0.15, 0.2) is 36.7 Å². The van der Waals surface area contributed by atoms with Gasteiger partial charge in [0.25, 0.3) is 11.8 Å². The Morgan fingerprint density at radius 1 is 1.13 bits per heavy atom. The molecule has 204 valence electrons. The summed E-state index contributed by atoms with van der Waals surface area (Å²) in [7, 11) is 0. The number of nitrogens with one attached hydrogen (secondary N) is 2. The summed E-state index contributed by atoms with van der Waals surface area (Å²) < 4.78 is 11.3. The Balaban J connectivity index is 1.09. The Hall–Kier alpha value is -3.65. The van der Waals surface area contributed by atoms with Crippen LogP contribution in [0.5, 0.6) is 5.75 Å². The molecule has 2 amide bonds. The molecule has 2 aromatic heterocycles. The molecule has 3 aliphatic rings. The molecular weight excluding hydrogens is 520 g/mol. The molecule has 2 N–H and O–H groups in total. The second kappa shape index (κ2) is 11.6. The highest BCUT2D eigenvalue weighted by Gasteiger charge is 2.32. The fraction of sp³-hybridized carbons (Fsp3) is 0.423. The van der Waals surface area contributed by atoms with Gasteiger partial charge < -0.3 is 25.0 Å². The molecule has 1 aromatic carbocycles. The Kier molecular flexibility index (Phi) is 7.63. The fourth-order valence-electron chi connectivity index (χ4n) is 4.92. The predicted molar refractivity (Wildman–Crippen MR) is 147 cm³/mol. The number of ether oxygens (including phenoxy) is 2. The van der Waals surface area contributed by atoms with Gasteiger partial charge in [0.1, 0.15) is 12.4 Å². The van der Waals surface area contributed by atoms with Crippen LogP contribution < -0.4 is 25.2 Å². The van der Waals surface area contributed by atoms with Gasteiger partial charge in [0.2, 0.25) is 10.1 Å². The fourth-order valence-corrected chi connectivity index (χ4v) is 5.65. The number of hydrogen-bond donors (Lipinski definition) is 2. The van der Waals surface area contributed by atoms with Gasteiger partial charge >= 0.3 is 0 Å². The number of amides is 2. The van der Waals surface area contributed by atoms with Gasteiger partial charge in [-0.05, 0) is 29.8 Å². The quantitative estimate of drug-likeness (QED) is 0.426. The Labute approximate surface area is 229 Å². The van der Waals surface area contributed by atoms with Gasteiger partial charge in [-0.2, -0.15) is 0 Å². The van der Waals surface area contributed by atoms with Crippen molar-refractivity contribution in [3.05, 3.63) is 52.8 Å². The van der Waals surface area contributed by atoms with E-state index in [1.165, 1.54) is 0 Å². The van der Waals surface area contributed by atoms with Crippen LogP contribution in [0.4, 0.5) is 16.5 Å². The normalized spacial score (nSPS) is 17.8. The van der Waals surface area contributed by atoms with E-state index < -0.39 is 0 Å². The van der Waals surface area contributed by atoms with Crippen LogP contribution in [0.3, 0.4) is 0 Å².